The summed E-state index contributed by atoms with van der Waals surface area (Å²) in [6, 6.07) is 18.7. The highest BCUT2D eigenvalue weighted by Gasteiger charge is 2.31. The zero-order chi connectivity index (χ0) is 18.3. The van der Waals surface area contributed by atoms with Crippen LogP contribution in [0.25, 0.3) is 11.1 Å². The molecule has 0 atom stereocenters. The second-order valence-electron chi connectivity index (χ2n) is 5.86. The second kappa shape index (κ2) is 6.18. The predicted molar refractivity (Wildman–Crippen MR) is 97.6 cm³/mol. The Bertz CT molecular complexity index is 978. The molecule has 0 fully saturated rings. The molecular formula is C20H12ClF3N2. The van der Waals surface area contributed by atoms with E-state index in [4.69, 9.17) is 11.6 Å². The van der Waals surface area contributed by atoms with Crippen LogP contribution >= 0.6 is 11.6 Å². The number of halogens is 4. The van der Waals surface area contributed by atoms with Crippen molar-refractivity contribution in [2.45, 2.75) is 6.18 Å². The molecule has 0 bridgehead atoms. The SMILES string of the molecule is FC(F)(F)c1ccc(Cl)c(NN=C2c3ccccc3-c3ccccc32)c1. The number of hydrazone groups is 1. The average molecular weight is 373 g/mol. The first-order valence-corrected chi connectivity index (χ1v) is 8.22. The molecule has 26 heavy (non-hydrogen) atoms. The summed E-state index contributed by atoms with van der Waals surface area (Å²) in [5.74, 6) is 0. The maximum atomic E-state index is 12.9. The number of nitrogens with one attached hydrogen (secondary N) is 1. The molecule has 3 aromatic carbocycles. The number of alkyl halides is 3. The number of benzene rings is 3. The summed E-state index contributed by atoms with van der Waals surface area (Å²) in [7, 11) is 0. The molecule has 0 unspecified atom stereocenters. The van der Waals surface area contributed by atoms with Crippen molar-refractivity contribution in [2.24, 2.45) is 5.10 Å². The highest BCUT2D eigenvalue weighted by molar-refractivity contribution is 6.33. The van der Waals surface area contributed by atoms with Gasteiger partial charge < -0.3 is 0 Å². The van der Waals surface area contributed by atoms with Gasteiger partial charge in [0.15, 0.2) is 0 Å². The largest absolute Gasteiger partial charge is 0.416 e. The quantitative estimate of drug-likeness (QED) is 0.416. The third-order valence-corrected chi connectivity index (χ3v) is 4.57. The third kappa shape index (κ3) is 2.84. The van der Waals surface area contributed by atoms with E-state index >= 15 is 0 Å². The first-order valence-electron chi connectivity index (χ1n) is 7.85. The molecule has 0 aliphatic heterocycles. The summed E-state index contributed by atoms with van der Waals surface area (Å²) >= 11 is 6.03. The Balaban J connectivity index is 1.77. The Kier molecular flexibility index (Phi) is 3.96. The number of anilines is 1. The van der Waals surface area contributed by atoms with Crippen molar-refractivity contribution in [2.75, 3.05) is 5.43 Å². The summed E-state index contributed by atoms with van der Waals surface area (Å²) in [4.78, 5) is 0. The molecule has 6 heteroatoms. The molecule has 4 rings (SSSR count). The molecule has 2 nitrogen and oxygen atoms in total. The van der Waals surface area contributed by atoms with Gasteiger partial charge in [0.1, 0.15) is 0 Å². The molecule has 0 amide bonds. The van der Waals surface area contributed by atoms with Gasteiger partial charge in [-0.3, -0.25) is 5.43 Å². The topological polar surface area (TPSA) is 24.4 Å². The highest BCUT2D eigenvalue weighted by Crippen LogP contribution is 2.37. The maximum Gasteiger partial charge on any atom is 0.416 e. The van der Waals surface area contributed by atoms with Gasteiger partial charge in [0.2, 0.25) is 0 Å². The van der Waals surface area contributed by atoms with E-state index in [0.717, 1.165) is 34.4 Å². The summed E-state index contributed by atoms with van der Waals surface area (Å²) in [5.41, 5.74) is 6.63. The van der Waals surface area contributed by atoms with E-state index in [1.54, 1.807) is 0 Å². The molecular weight excluding hydrogens is 361 g/mol. The van der Waals surface area contributed by atoms with E-state index in [9.17, 15) is 13.2 Å². The number of hydrogen-bond donors (Lipinski definition) is 1. The number of fused-ring (bicyclic) bond motifs is 3. The molecule has 0 spiro atoms. The lowest BCUT2D eigenvalue weighted by atomic mass is 10.1. The number of hydrogen-bond acceptors (Lipinski definition) is 2. The Morgan fingerprint density at radius 1 is 0.769 bits per heavy atom. The molecule has 0 aromatic heterocycles. The van der Waals surface area contributed by atoms with E-state index < -0.39 is 11.7 Å². The van der Waals surface area contributed by atoms with Crippen LogP contribution in [0.3, 0.4) is 0 Å². The third-order valence-electron chi connectivity index (χ3n) is 4.24. The van der Waals surface area contributed by atoms with Gasteiger partial charge in [-0.2, -0.15) is 18.3 Å². The minimum Gasteiger partial charge on any atom is -0.276 e. The normalized spacial score (nSPS) is 12.5. The van der Waals surface area contributed by atoms with Crippen LogP contribution in [-0.4, -0.2) is 5.71 Å². The zero-order valence-corrected chi connectivity index (χ0v) is 14.1. The van der Waals surface area contributed by atoms with Gasteiger partial charge in [0.05, 0.1) is 22.0 Å². The first-order chi connectivity index (χ1) is 12.4. The predicted octanol–water partition coefficient (Wildman–Crippen LogP) is 6.20. The van der Waals surface area contributed by atoms with Crippen LogP contribution < -0.4 is 5.43 Å². The molecule has 0 saturated carbocycles. The summed E-state index contributed by atoms with van der Waals surface area (Å²) in [6.07, 6.45) is -4.44. The minimum absolute atomic E-state index is 0.107. The average Bonchev–Trinajstić information content (AvgIpc) is 2.94. The maximum absolute atomic E-state index is 12.9. The van der Waals surface area contributed by atoms with Gasteiger partial charge >= 0.3 is 6.18 Å². The van der Waals surface area contributed by atoms with Gasteiger partial charge in [0.25, 0.3) is 0 Å². The van der Waals surface area contributed by atoms with Crippen molar-refractivity contribution in [3.8, 4) is 11.1 Å². The van der Waals surface area contributed by atoms with E-state index in [1.807, 2.05) is 48.5 Å². The van der Waals surface area contributed by atoms with Crippen molar-refractivity contribution >= 4 is 23.0 Å². The van der Waals surface area contributed by atoms with E-state index in [0.29, 0.717) is 5.71 Å². The van der Waals surface area contributed by atoms with Crippen molar-refractivity contribution in [3.63, 3.8) is 0 Å². The van der Waals surface area contributed by atoms with Crippen molar-refractivity contribution in [1.82, 2.24) is 0 Å². The smallest absolute Gasteiger partial charge is 0.276 e. The monoisotopic (exact) mass is 372 g/mol. The molecule has 0 radical (unpaired) electrons. The summed E-state index contributed by atoms with van der Waals surface area (Å²) < 4.78 is 38.8. The number of rotatable bonds is 2. The second-order valence-corrected chi connectivity index (χ2v) is 6.26. The standard InChI is InChI=1S/C20H12ClF3N2/c21-17-10-9-12(20(22,23)24)11-18(17)25-26-19-15-7-3-1-5-13(15)14-6-2-4-8-16(14)19/h1-11,25H. The molecule has 1 aliphatic carbocycles. The van der Waals surface area contributed by atoms with Gasteiger partial charge in [-0.25, -0.2) is 0 Å². The molecule has 1 N–H and O–H groups in total. The molecule has 130 valence electrons. The lowest BCUT2D eigenvalue weighted by Gasteiger charge is -2.10. The zero-order valence-electron chi connectivity index (χ0n) is 13.3. The fraction of sp³-hybridized carbons (Fsp3) is 0.0500. The molecule has 1 aliphatic rings. The van der Waals surface area contributed by atoms with Crippen LogP contribution in [-0.2, 0) is 6.18 Å². The Labute approximate surface area is 152 Å². The van der Waals surface area contributed by atoms with E-state index in [-0.39, 0.29) is 10.7 Å². The highest BCUT2D eigenvalue weighted by atomic mass is 35.5. The van der Waals surface area contributed by atoms with Gasteiger partial charge in [-0.05, 0) is 29.3 Å². The molecule has 3 aromatic rings. The lowest BCUT2D eigenvalue weighted by Crippen LogP contribution is -2.07. The van der Waals surface area contributed by atoms with Gasteiger partial charge in [-0.1, -0.05) is 60.1 Å². The first kappa shape index (κ1) is 16.7. The van der Waals surface area contributed by atoms with E-state index in [1.165, 1.54) is 6.07 Å². The van der Waals surface area contributed by atoms with Crippen LogP contribution in [0.5, 0.6) is 0 Å². The fourth-order valence-electron chi connectivity index (χ4n) is 3.02. The van der Waals surface area contributed by atoms with E-state index in [2.05, 4.69) is 10.5 Å². The van der Waals surface area contributed by atoms with Crippen molar-refractivity contribution in [1.29, 1.82) is 0 Å². The van der Waals surface area contributed by atoms with Crippen molar-refractivity contribution < 1.29 is 13.2 Å². The Hall–Kier alpha value is -2.79. The minimum atomic E-state index is -4.44. The van der Waals surface area contributed by atoms with Crippen LogP contribution in [0.15, 0.2) is 71.8 Å². The summed E-state index contributed by atoms with van der Waals surface area (Å²) in [6.45, 7) is 0. The van der Waals surface area contributed by atoms with Crippen molar-refractivity contribution in [3.05, 3.63) is 88.4 Å². The van der Waals surface area contributed by atoms with Gasteiger partial charge in [0, 0.05) is 11.1 Å². The Morgan fingerprint density at radius 2 is 1.31 bits per heavy atom. The fourth-order valence-corrected chi connectivity index (χ4v) is 3.18. The van der Waals surface area contributed by atoms with Crippen LogP contribution in [0.4, 0.5) is 18.9 Å². The van der Waals surface area contributed by atoms with Crippen LogP contribution in [0.1, 0.15) is 16.7 Å². The Morgan fingerprint density at radius 3 is 1.85 bits per heavy atom. The molecule has 0 heterocycles. The lowest BCUT2D eigenvalue weighted by molar-refractivity contribution is -0.137. The van der Waals surface area contributed by atoms with Crippen LogP contribution in [0.2, 0.25) is 5.02 Å². The van der Waals surface area contributed by atoms with Crippen LogP contribution in [0, 0.1) is 0 Å². The number of nitrogens with zero attached hydrogens (tertiary/aromatic N) is 1. The molecule has 0 saturated heterocycles. The van der Waals surface area contributed by atoms with Gasteiger partial charge in [-0.15, -0.1) is 0 Å². The summed E-state index contributed by atoms with van der Waals surface area (Å²) in [5, 5.41) is 4.54.